The summed E-state index contributed by atoms with van der Waals surface area (Å²) in [6.07, 6.45) is 0.570. The molecule has 0 N–H and O–H groups in total. The van der Waals surface area contributed by atoms with Gasteiger partial charge in [-0.05, 0) is 6.42 Å². The molecular formula is C6H6F2S. The Morgan fingerprint density at radius 1 is 1.56 bits per heavy atom. The third-order valence-corrected chi connectivity index (χ3v) is 2.09. The lowest BCUT2D eigenvalue weighted by molar-refractivity contribution is 0.601. The lowest BCUT2D eigenvalue weighted by atomic mass is 10.4. The van der Waals surface area contributed by atoms with Crippen LogP contribution in [0, 0.1) is 10.9 Å². The second kappa shape index (κ2) is 2.43. The molecule has 3 heteroatoms. The molecule has 0 amide bonds. The molecule has 0 radical (unpaired) electrons. The van der Waals surface area contributed by atoms with Crippen molar-refractivity contribution in [1.29, 1.82) is 0 Å². The van der Waals surface area contributed by atoms with Gasteiger partial charge in [0.05, 0.1) is 0 Å². The number of hydrogen-bond donors (Lipinski definition) is 0. The zero-order chi connectivity index (χ0) is 6.85. The third kappa shape index (κ3) is 1.27. The van der Waals surface area contributed by atoms with Crippen molar-refractivity contribution < 1.29 is 8.78 Å². The maximum atomic E-state index is 12.4. The summed E-state index contributed by atoms with van der Waals surface area (Å²) in [4.78, 5) is 0.493. The topological polar surface area (TPSA) is 0 Å². The van der Waals surface area contributed by atoms with Gasteiger partial charge in [-0.1, -0.05) is 6.92 Å². The van der Waals surface area contributed by atoms with Crippen LogP contribution < -0.4 is 0 Å². The number of rotatable bonds is 1. The van der Waals surface area contributed by atoms with Crippen LogP contribution in [0.2, 0.25) is 0 Å². The molecule has 0 aliphatic heterocycles. The van der Waals surface area contributed by atoms with Crippen molar-refractivity contribution in [3.63, 3.8) is 0 Å². The Morgan fingerprint density at radius 3 is 2.44 bits per heavy atom. The standard InChI is InChI=1S/C6H6F2S/c1-2-5-4(7)3-6(8)9-5/h3H,2H2,1H3. The first-order chi connectivity index (χ1) is 4.24. The summed E-state index contributed by atoms with van der Waals surface area (Å²) in [6.45, 7) is 1.80. The fourth-order valence-electron chi connectivity index (χ4n) is 0.617. The van der Waals surface area contributed by atoms with Gasteiger partial charge in [0.2, 0.25) is 0 Å². The van der Waals surface area contributed by atoms with Gasteiger partial charge in [0.25, 0.3) is 0 Å². The molecule has 1 heterocycles. The molecule has 0 atom stereocenters. The van der Waals surface area contributed by atoms with E-state index < -0.39 is 10.9 Å². The highest BCUT2D eigenvalue weighted by Gasteiger charge is 2.04. The minimum atomic E-state index is -0.440. The van der Waals surface area contributed by atoms with Crippen molar-refractivity contribution in [2.24, 2.45) is 0 Å². The van der Waals surface area contributed by atoms with E-state index in [0.29, 0.717) is 11.3 Å². The number of halogens is 2. The largest absolute Gasteiger partial charge is 0.206 e. The Morgan fingerprint density at radius 2 is 2.22 bits per heavy atom. The molecule has 0 spiro atoms. The highest BCUT2D eigenvalue weighted by Crippen LogP contribution is 2.19. The molecule has 1 aromatic heterocycles. The van der Waals surface area contributed by atoms with Gasteiger partial charge in [-0.2, -0.15) is 4.39 Å². The van der Waals surface area contributed by atoms with E-state index in [-0.39, 0.29) is 0 Å². The van der Waals surface area contributed by atoms with Crippen LogP contribution >= 0.6 is 11.3 Å². The minimum Gasteiger partial charge on any atom is -0.206 e. The zero-order valence-electron chi connectivity index (χ0n) is 4.95. The molecule has 1 aromatic rings. The van der Waals surface area contributed by atoms with Crippen molar-refractivity contribution in [1.82, 2.24) is 0 Å². The van der Waals surface area contributed by atoms with Gasteiger partial charge in [-0.25, -0.2) is 4.39 Å². The molecule has 0 saturated heterocycles. The Hall–Kier alpha value is -0.440. The Labute approximate surface area is 56.1 Å². The second-order valence-electron chi connectivity index (χ2n) is 1.68. The molecule has 0 bridgehead atoms. The van der Waals surface area contributed by atoms with Crippen LogP contribution in [-0.2, 0) is 6.42 Å². The zero-order valence-corrected chi connectivity index (χ0v) is 5.77. The Kier molecular flexibility index (Phi) is 1.81. The molecule has 0 fully saturated rings. The van der Waals surface area contributed by atoms with Crippen LogP contribution in [0.15, 0.2) is 6.07 Å². The number of thiophene rings is 1. The molecule has 0 aromatic carbocycles. The average molecular weight is 148 g/mol. The molecule has 0 nitrogen and oxygen atoms in total. The monoisotopic (exact) mass is 148 g/mol. The summed E-state index contributed by atoms with van der Waals surface area (Å²) in [5, 5.41) is -0.440. The Bertz CT molecular complexity index is 205. The quantitative estimate of drug-likeness (QED) is 0.574. The summed E-state index contributed by atoms with van der Waals surface area (Å²) < 4.78 is 24.5. The molecule has 9 heavy (non-hydrogen) atoms. The maximum Gasteiger partial charge on any atom is 0.179 e. The fourth-order valence-corrected chi connectivity index (χ4v) is 1.32. The van der Waals surface area contributed by atoms with Crippen LogP contribution in [0.3, 0.4) is 0 Å². The summed E-state index contributed by atoms with van der Waals surface area (Å²) in [5.41, 5.74) is 0. The highest BCUT2D eigenvalue weighted by atomic mass is 32.1. The van der Waals surface area contributed by atoms with Crippen molar-refractivity contribution in [2.75, 3.05) is 0 Å². The summed E-state index contributed by atoms with van der Waals surface area (Å²) in [6, 6.07) is 0.920. The van der Waals surface area contributed by atoms with Crippen molar-refractivity contribution in [2.45, 2.75) is 13.3 Å². The normalized spacial score (nSPS) is 10.1. The van der Waals surface area contributed by atoms with Crippen LogP contribution in [0.5, 0.6) is 0 Å². The predicted molar refractivity (Wildman–Crippen MR) is 33.6 cm³/mol. The second-order valence-corrected chi connectivity index (χ2v) is 2.76. The van der Waals surface area contributed by atoms with E-state index in [9.17, 15) is 8.78 Å². The van der Waals surface area contributed by atoms with Gasteiger partial charge in [-0.3, -0.25) is 0 Å². The SMILES string of the molecule is CCc1sc(F)cc1F. The van der Waals surface area contributed by atoms with Gasteiger partial charge in [0.1, 0.15) is 5.82 Å². The molecule has 0 unspecified atom stereocenters. The van der Waals surface area contributed by atoms with E-state index in [1.165, 1.54) is 0 Å². The maximum absolute atomic E-state index is 12.4. The number of hydrogen-bond acceptors (Lipinski definition) is 1. The van der Waals surface area contributed by atoms with E-state index >= 15 is 0 Å². The Balaban J connectivity index is 3.01. The van der Waals surface area contributed by atoms with E-state index in [0.717, 1.165) is 17.4 Å². The lowest BCUT2D eigenvalue weighted by Crippen LogP contribution is -1.74. The van der Waals surface area contributed by atoms with E-state index in [1.807, 2.05) is 0 Å². The van der Waals surface area contributed by atoms with E-state index in [1.54, 1.807) is 6.92 Å². The smallest absolute Gasteiger partial charge is 0.179 e. The predicted octanol–water partition coefficient (Wildman–Crippen LogP) is 2.59. The average Bonchev–Trinajstić information content (AvgIpc) is 2.10. The van der Waals surface area contributed by atoms with E-state index in [2.05, 4.69) is 0 Å². The van der Waals surface area contributed by atoms with E-state index in [4.69, 9.17) is 0 Å². The summed E-state index contributed by atoms with van der Waals surface area (Å²) >= 11 is 0.873. The van der Waals surface area contributed by atoms with Crippen LogP contribution in [0.4, 0.5) is 8.78 Å². The summed E-state index contributed by atoms with van der Waals surface area (Å²) in [5.74, 6) is -0.417. The first-order valence-corrected chi connectivity index (χ1v) is 3.49. The third-order valence-electron chi connectivity index (χ3n) is 1.05. The van der Waals surface area contributed by atoms with Gasteiger partial charge in [-0.15, -0.1) is 11.3 Å². The molecular weight excluding hydrogens is 142 g/mol. The van der Waals surface area contributed by atoms with Gasteiger partial charge in [0.15, 0.2) is 5.13 Å². The first kappa shape index (κ1) is 6.68. The van der Waals surface area contributed by atoms with Crippen molar-refractivity contribution in [3.8, 4) is 0 Å². The van der Waals surface area contributed by atoms with Gasteiger partial charge in [0, 0.05) is 10.9 Å². The minimum absolute atomic E-state index is 0.417. The molecule has 1 rings (SSSR count). The van der Waals surface area contributed by atoms with Crippen molar-refractivity contribution >= 4 is 11.3 Å². The summed E-state index contributed by atoms with van der Waals surface area (Å²) in [7, 11) is 0. The fraction of sp³-hybridized carbons (Fsp3) is 0.333. The van der Waals surface area contributed by atoms with Crippen molar-refractivity contribution in [3.05, 3.63) is 21.9 Å². The van der Waals surface area contributed by atoms with Crippen LogP contribution in [-0.4, -0.2) is 0 Å². The molecule has 0 saturated carbocycles. The molecule has 0 aliphatic carbocycles. The first-order valence-electron chi connectivity index (χ1n) is 2.67. The van der Waals surface area contributed by atoms with Crippen LogP contribution in [0.25, 0.3) is 0 Å². The lowest BCUT2D eigenvalue weighted by Gasteiger charge is -1.83. The number of aryl methyl sites for hydroxylation is 1. The van der Waals surface area contributed by atoms with Gasteiger partial charge < -0.3 is 0 Å². The molecule has 50 valence electrons. The molecule has 0 aliphatic rings. The van der Waals surface area contributed by atoms with Crippen LogP contribution in [0.1, 0.15) is 11.8 Å². The van der Waals surface area contributed by atoms with Gasteiger partial charge >= 0.3 is 0 Å². The highest BCUT2D eigenvalue weighted by molar-refractivity contribution is 7.10.